The molecule has 1 fully saturated rings. The number of aromatic nitrogens is 3. The lowest BCUT2D eigenvalue weighted by Crippen LogP contribution is -2.48. The maximum Gasteiger partial charge on any atom is 0.329 e. The summed E-state index contributed by atoms with van der Waals surface area (Å²) < 4.78 is 1.04. The van der Waals surface area contributed by atoms with Crippen molar-refractivity contribution >= 4 is 27.7 Å². The van der Waals surface area contributed by atoms with Crippen LogP contribution in [0.3, 0.4) is 0 Å². The topological polar surface area (TPSA) is 111 Å². The Morgan fingerprint density at radius 3 is 2.56 bits per heavy atom. The molecule has 2 aromatic heterocycles. The van der Waals surface area contributed by atoms with Crippen molar-refractivity contribution in [1.82, 2.24) is 19.4 Å². The molecule has 164 valence electrons. The first kappa shape index (κ1) is 20.3. The highest BCUT2D eigenvalue weighted by molar-refractivity contribution is 5.86. The zero-order valence-electron chi connectivity index (χ0n) is 17.5. The second-order valence-corrected chi connectivity index (χ2v) is 8.24. The Labute approximate surface area is 183 Å². The number of para-hydroxylation sites is 2. The minimum atomic E-state index is -1.03. The largest absolute Gasteiger partial charge is 0.394 e. The van der Waals surface area contributed by atoms with Crippen molar-refractivity contribution in [3.05, 3.63) is 81.1 Å². The molecule has 1 saturated heterocycles. The lowest BCUT2D eigenvalue weighted by molar-refractivity contribution is -0.136. The van der Waals surface area contributed by atoms with E-state index in [9.17, 15) is 19.5 Å². The van der Waals surface area contributed by atoms with E-state index in [4.69, 9.17) is 0 Å². The van der Waals surface area contributed by atoms with Crippen LogP contribution in [0, 0.1) is 0 Å². The number of likely N-dealkylation sites (tertiary alicyclic amines) is 1. The lowest BCUT2D eigenvalue weighted by atomic mass is 10.0. The summed E-state index contributed by atoms with van der Waals surface area (Å²) in [6, 6.07) is 13.2. The third-order valence-electron chi connectivity index (χ3n) is 6.39. The number of H-pyrrole nitrogens is 2. The molecule has 4 aromatic rings. The van der Waals surface area contributed by atoms with Crippen LogP contribution >= 0.6 is 0 Å². The zero-order chi connectivity index (χ0) is 22.2. The molecule has 3 heterocycles. The molecule has 0 spiro atoms. The minimum Gasteiger partial charge on any atom is -0.394 e. The molecular weight excluding hydrogens is 408 g/mol. The predicted molar refractivity (Wildman–Crippen MR) is 122 cm³/mol. The van der Waals surface area contributed by atoms with Crippen LogP contribution in [0.5, 0.6) is 0 Å². The van der Waals surface area contributed by atoms with Crippen molar-refractivity contribution in [1.29, 1.82) is 0 Å². The number of rotatable bonds is 5. The second kappa shape index (κ2) is 8.12. The maximum atomic E-state index is 13.7. The van der Waals surface area contributed by atoms with Crippen LogP contribution in [0.15, 0.2) is 64.3 Å². The molecule has 2 aromatic carbocycles. The molecule has 8 heteroatoms. The molecule has 3 N–H and O–H groups in total. The van der Waals surface area contributed by atoms with Crippen LogP contribution < -0.4 is 11.2 Å². The number of aliphatic hydroxyl groups excluding tert-OH is 1. The first-order chi connectivity index (χ1) is 15.6. The van der Waals surface area contributed by atoms with Gasteiger partial charge in [-0.25, -0.2) is 9.36 Å². The molecule has 8 nitrogen and oxygen atoms in total. The van der Waals surface area contributed by atoms with Crippen molar-refractivity contribution in [3.8, 4) is 0 Å². The number of nitrogens with zero attached hydrogens (tertiary/aromatic N) is 2. The Kier molecular flexibility index (Phi) is 5.14. The number of aromatic amines is 2. The van der Waals surface area contributed by atoms with Crippen molar-refractivity contribution < 1.29 is 9.90 Å². The molecule has 0 radical (unpaired) electrons. The van der Waals surface area contributed by atoms with Gasteiger partial charge in [0.15, 0.2) is 0 Å². The van der Waals surface area contributed by atoms with E-state index in [0.29, 0.717) is 23.9 Å². The van der Waals surface area contributed by atoms with Gasteiger partial charge in [0.05, 0.1) is 23.6 Å². The first-order valence-corrected chi connectivity index (χ1v) is 10.8. The van der Waals surface area contributed by atoms with E-state index in [1.807, 2.05) is 30.5 Å². The van der Waals surface area contributed by atoms with Gasteiger partial charge in [0.1, 0.15) is 6.04 Å². The van der Waals surface area contributed by atoms with Gasteiger partial charge in [-0.05, 0) is 36.6 Å². The fraction of sp³-hybridized carbons (Fsp3) is 0.292. The fourth-order valence-electron chi connectivity index (χ4n) is 4.76. The summed E-state index contributed by atoms with van der Waals surface area (Å²) in [7, 11) is 0. The van der Waals surface area contributed by atoms with E-state index in [1.54, 1.807) is 29.2 Å². The van der Waals surface area contributed by atoms with Gasteiger partial charge in [-0.3, -0.25) is 9.59 Å². The summed E-state index contributed by atoms with van der Waals surface area (Å²) in [5.41, 5.74) is 1.08. The molecule has 0 aliphatic carbocycles. The SMILES string of the molecule is O=C([C@@H](Cc1c[nH]c2ccccc12)n1c(=O)[nH]c2ccccc2c1=O)N1CCC[C@@H]1CO. The first-order valence-electron chi connectivity index (χ1n) is 10.8. The number of hydrogen-bond acceptors (Lipinski definition) is 4. The quantitative estimate of drug-likeness (QED) is 0.447. The van der Waals surface area contributed by atoms with Crippen molar-refractivity contribution in [2.24, 2.45) is 0 Å². The number of benzene rings is 2. The van der Waals surface area contributed by atoms with Gasteiger partial charge in [0, 0.05) is 30.1 Å². The monoisotopic (exact) mass is 432 g/mol. The van der Waals surface area contributed by atoms with Gasteiger partial charge in [0.25, 0.3) is 5.56 Å². The molecule has 5 rings (SSSR count). The zero-order valence-corrected chi connectivity index (χ0v) is 17.5. The van der Waals surface area contributed by atoms with Gasteiger partial charge in [-0.15, -0.1) is 0 Å². The van der Waals surface area contributed by atoms with E-state index in [-0.39, 0.29) is 25.0 Å². The molecular formula is C24H24N4O4. The Bertz CT molecular complexity index is 1420. The van der Waals surface area contributed by atoms with Gasteiger partial charge in [0.2, 0.25) is 5.91 Å². The summed E-state index contributed by atoms with van der Waals surface area (Å²) in [6.07, 6.45) is 3.47. The highest BCUT2D eigenvalue weighted by Gasteiger charge is 2.35. The van der Waals surface area contributed by atoms with Crippen LogP contribution in [0.2, 0.25) is 0 Å². The molecule has 0 saturated carbocycles. The van der Waals surface area contributed by atoms with Crippen molar-refractivity contribution in [2.75, 3.05) is 13.2 Å². The predicted octanol–water partition coefficient (Wildman–Crippen LogP) is 1.94. The van der Waals surface area contributed by atoms with Crippen LogP contribution in [-0.4, -0.2) is 49.6 Å². The average Bonchev–Trinajstić information content (AvgIpc) is 3.45. The Morgan fingerprint density at radius 1 is 1.06 bits per heavy atom. The summed E-state index contributed by atoms with van der Waals surface area (Å²) in [5, 5.41) is 11.0. The minimum absolute atomic E-state index is 0.144. The van der Waals surface area contributed by atoms with E-state index < -0.39 is 17.3 Å². The number of nitrogens with one attached hydrogen (secondary N) is 2. The molecule has 0 bridgehead atoms. The molecule has 1 aliphatic rings. The normalized spacial score (nSPS) is 17.3. The number of fused-ring (bicyclic) bond motifs is 2. The van der Waals surface area contributed by atoms with Crippen LogP contribution in [0.4, 0.5) is 0 Å². The highest BCUT2D eigenvalue weighted by Crippen LogP contribution is 2.26. The number of hydrogen-bond donors (Lipinski definition) is 3. The van der Waals surface area contributed by atoms with E-state index >= 15 is 0 Å². The summed E-state index contributed by atoms with van der Waals surface area (Å²) in [4.78, 5) is 47.7. The smallest absolute Gasteiger partial charge is 0.329 e. The standard InChI is InChI=1S/C24H24N4O4/c29-14-16-6-5-11-27(16)23(31)21(12-15-13-25-19-9-3-1-7-17(15)19)28-22(30)18-8-2-4-10-20(18)26-24(28)32/h1-4,7-10,13,16,21,25,29H,5-6,11-12,14H2,(H,26,32)/t16-,21-/m1/s1. The van der Waals surface area contributed by atoms with Crippen LogP contribution in [0.25, 0.3) is 21.8 Å². The van der Waals surface area contributed by atoms with Gasteiger partial charge in [-0.2, -0.15) is 0 Å². The highest BCUT2D eigenvalue weighted by atomic mass is 16.3. The van der Waals surface area contributed by atoms with E-state index in [0.717, 1.165) is 27.5 Å². The molecule has 2 atom stereocenters. The van der Waals surface area contributed by atoms with Crippen molar-refractivity contribution in [2.45, 2.75) is 31.3 Å². The molecule has 0 unspecified atom stereocenters. The molecule has 32 heavy (non-hydrogen) atoms. The second-order valence-electron chi connectivity index (χ2n) is 8.24. The summed E-state index contributed by atoms with van der Waals surface area (Å²) in [6.45, 7) is 0.350. The molecule has 1 aliphatic heterocycles. The summed E-state index contributed by atoms with van der Waals surface area (Å²) in [5.74, 6) is -0.324. The number of amides is 1. The maximum absolute atomic E-state index is 13.7. The van der Waals surface area contributed by atoms with Crippen LogP contribution in [-0.2, 0) is 11.2 Å². The van der Waals surface area contributed by atoms with Crippen molar-refractivity contribution in [3.63, 3.8) is 0 Å². The average molecular weight is 432 g/mol. The van der Waals surface area contributed by atoms with Gasteiger partial charge < -0.3 is 20.0 Å². The number of aliphatic hydroxyl groups is 1. The van der Waals surface area contributed by atoms with E-state index in [2.05, 4.69) is 9.97 Å². The lowest BCUT2D eigenvalue weighted by Gasteiger charge is -2.28. The number of carbonyl (C=O) groups is 1. The summed E-state index contributed by atoms with van der Waals surface area (Å²) >= 11 is 0. The molecule has 1 amide bonds. The number of carbonyl (C=O) groups excluding carboxylic acids is 1. The Hall–Kier alpha value is -3.65. The van der Waals surface area contributed by atoms with Gasteiger partial charge in [-0.1, -0.05) is 30.3 Å². The fourth-order valence-corrected chi connectivity index (χ4v) is 4.76. The Morgan fingerprint density at radius 2 is 1.78 bits per heavy atom. The Balaban J connectivity index is 1.66. The van der Waals surface area contributed by atoms with Gasteiger partial charge >= 0.3 is 5.69 Å². The van der Waals surface area contributed by atoms with Crippen LogP contribution in [0.1, 0.15) is 24.4 Å². The third-order valence-corrected chi connectivity index (χ3v) is 6.39. The van der Waals surface area contributed by atoms with E-state index in [1.165, 1.54) is 0 Å². The third kappa shape index (κ3) is 3.33.